The van der Waals surface area contributed by atoms with Crippen LogP contribution in [-0.2, 0) is 0 Å². The van der Waals surface area contributed by atoms with E-state index in [-0.39, 0.29) is 11.9 Å². The van der Waals surface area contributed by atoms with Gasteiger partial charge >= 0.3 is 0 Å². The van der Waals surface area contributed by atoms with Crippen LogP contribution < -0.4 is 11.1 Å². The van der Waals surface area contributed by atoms with Crippen molar-refractivity contribution < 1.29 is 4.79 Å². The van der Waals surface area contributed by atoms with E-state index in [9.17, 15) is 4.79 Å². The van der Waals surface area contributed by atoms with Gasteiger partial charge in [0.15, 0.2) is 5.13 Å². The molecule has 1 rings (SSSR count). The summed E-state index contributed by atoms with van der Waals surface area (Å²) >= 11 is 1.32. The Morgan fingerprint density at radius 3 is 2.78 bits per heavy atom. The van der Waals surface area contributed by atoms with Gasteiger partial charge in [0.05, 0.1) is 0 Å². The molecule has 3 N–H and O–H groups in total. The summed E-state index contributed by atoms with van der Waals surface area (Å²) in [5, 5.41) is 3.86. The second-order valence-corrected chi connectivity index (χ2v) is 5.61. The Kier molecular flexibility index (Phi) is 5.40. The summed E-state index contributed by atoms with van der Waals surface area (Å²) in [6, 6.07) is 0.274. The highest BCUT2D eigenvalue weighted by Gasteiger charge is 2.19. The first-order chi connectivity index (χ1) is 8.45. The number of carbonyl (C=O) groups is 1. The van der Waals surface area contributed by atoms with Crippen LogP contribution >= 0.6 is 11.3 Å². The van der Waals surface area contributed by atoms with Crippen LogP contribution in [0.4, 0.5) is 10.9 Å². The lowest BCUT2D eigenvalue weighted by atomic mass is 10.3. The van der Waals surface area contributed by atoms with Gasteiger partial charge in [-0.1, -0.05) is 24.7 Å². The number of carbonyl (C=O) groups excluding carboxylic acids is 1. The highest BCUT2D eigenvalue weighted by Crippen LogP contribution is 2.26. The number of nitrogens with zero attached hydrogens (tertiary/aromatic N) is 2. The van der Waals surface area contributed by atoms with E-state index in [0.29, 0.717) is 15.8 Å². The van der Waals surface area contributed by atoms with Crippen LogP contribution in [0.25, 0.3) is 0 Å². The molecule has 1 aromatic rings. The lowest BCUT2D eigenvalue weighted by Gasteiger charge is -2.15. The number of unbranched alkanes of at least 4 members (excludes halogenated alkanes) is 1. The minimum Gasteiger partial charge on any atom is -0.382 e. The third-order valence-electron chi connectivity index (χ3n) is 2.45. The normalized spacial score (nSPS) is 10.7. The fourth-order valence-corrected chi connectivity index (χ4v) is 2.49. The van der Waals surface area contributed by atoms with E-state index in [4.69, 9.17) is 5.73 Å². The molecule has 1 amide bonds. The molecule has 0 radical (unpaired) electrons. The third kappa shape index (κ3) is 3.87. The molecule has 0 aliphatic heterocycles. The number of rotatable bonds is 6. The summed E-state index contributed by atoms with van der Waals surface area (Å²) in [7, 11) is 1.80. The van der Waals surface area contributed by atoms with Crippen molar-refractivity contribution >= 4 is 28.2 Å². The van der Waals surface area contributed by atoms with Crippen LogP contribution in [-0.4, -0.2) is 35.4 Å². The maximum atomic E-state index is 12.2. The van der Waals surface area contributed by atoms with Crippen molar-refractivity contribution in [3.05, 3.63) is 4.88 Å². The molecule has 5 nitrogen and oxygen atoms in total. The van der Waals surface area contributed by atoms with Crippen LogP contribution in [0.3, 0.4) is 0 Å². The second kappa shape index (κ2) is 6.58. The zero-order chi connectivity index (χ0) is 13.7. The Bertz CT molecular complexity index is 403. The smallest absolute Gasteiger partial charge is 0.267 e. The number of nitrogens with two attached hydrogens (primary N) is 1. The lowest BCUT2D eigenvalue weighted by molar-refractivity contribution is 0.0799. The highest BCUT2D eigenvalue weighted by atomic mass is 32.1. The maximum Gasteiger partial charge on any atom is 0.267 e. The second-order valence-electron chi connectivity index (χ2n) is 4.61. The number of amides is 1. The van der Waals surface area contributed by atoms with Gasteiger partial charge in [0.1, 0.15) is 10.7 Å². The van der Waals surface area contributed by atoms with Crippen LogP contribution in [0, 0.1) is 0 Å². The van der Waals surface area contributed by atoms with Crippen LogP contribution in [0.2, 0.25) is 0 Å². The first kappa shape index (κ1) is 14.8. The Labute approximate surface area is 112 Å². The fraction of sp³-hybridized carbons (Fsp3) is 0.667. The van der Waals surface area contributed by atoms with E-state index < -0.39 is 0 Å². The quantitative estimate of drug-likeness (QED) is 0.832. The summed E-state index contributed by atoms with van der Waals surface area (Å²) in [5.74, 6) is 0.270. The van der Waals surface area contributed by atoms with Crippen molar-refractivity contribution in [2.24, 2.45) is 0 Å². The van der Waals surface area contributed by atoms with E-state index >= 15 is 0 Å². The number of aromatic nitrogens is 1. The first-order valence-corrected chi connectivity index (χ1v) is 7.05. The number of nitrogen functional groups attached to an aromatic ring is 1. The van der Waals surface area contributed by atoms with Crippen LogP contribution in [0.15, 0.2) is 0 Å². The SMILES string of the molecule is CCCCN(C)C(=O)c1sc(NC(C)C)nc1N. The maximum absolute atomic E-state index is 12.2. The van der Waals surface area contributed by atoms with E-state index in [1.54, 1.807) is 11.9 Å². The van der Waals surface area contributed by atoms with Gasteiger partial charge in [-0.25, -0.2) is 4.98 Å². The van der Waals surface area contributed by atoms with Crippen LogP contribution in [0.1, 0.15) is 43.3 Å². The molecule has 0 aliphatic rings. The van der Waals surface area contributed by atoms with Crippen molar-refractivity contribution in [1.29, 1.82) is 0 Å². The highest BCUT2D eigenvalue weighted by molar-refractivity contribution is 7.18. The molecule has 0 saturated heterocycles. The number of hydrogen-bond acceptors (Lipinski definition) is 5. The molecule has 0 bridgehead atoms. The van der Waals surface area contributed by atoms with E-state index in [1.165, 1.54) is 11.3 Å². The molecule has 0 atom stereocenters. The minimum atomic E-state index is -0.0461. The molecule has 1 heterocycles. The van der Waals surface area contributed by atoms with Gasteiger partial charge in [-0.2, -0.15) is 0 Å². The molecule has 0 spiro atoms. The Morgan fingerprint density at radius 1 is 1.56 bits per heavy atom. The molecule has 6 heteroatoms. The van der Waals surface area contributed by atoms with Gasteiger partial charge in [0.25, 0.3) is 5.91 Å². The average Bonchev–Trinajstić information content (AvgIpc) is 2.65. The van der Waals surface area contributed by atoms with Gasteiger partial charge in [-0.3, -0.25) is 4.79 Å². The molecular formula is C12H22N4OS. The molecule has 0 saturated carbocycles. The summed E-state index contributed by atoms with van der Waals surface area (Å²) in [6.45, 7) is 6.89. The minimum absolute atomic E-state index is 0.0461. The van der Waals surface area contributed by atoms with Gasteiger partial charge in [0.2, 0.25) is 0 Å². The third-order valence-corrected chi connectivity index (χ3v) is 3.44. The summed E-state index contributed by atoms with van der Waals surface area (Å²) in [5.41, 5.74) is 5.80. The van der Waals surface area contributed by atoms with E-state index in [0.717, 1.165) is 19.4 Å². The van der Waals surface area contributed by atoms with Gasteiger partial charge in [0, 0.05) is 19.6 Å². The summed E-state index contributed by atoms with van der Waals surface area (Å²) in [6.07, 6.45) is 2.06. The molecule has 0 unspecified atom stereocenters. The Morgan fingerprint density at radius 2 is 2.22 bits per heavy atom. The van der Waals surface area contributed by atoms with Crippen molar-refractivity contribution in [1.82, 2.24) is 9.88 Å². The average molecular weight is 270 g/mol. The monoisotopic (exact) mass is 270 g/mol. The lowest BCUT2D eigenvalue weighted by Crippen LogP contribution is -2.27. The van der Waals surface area contributed by atoms with Crippen LogP contribution in [0.5, 0.6) is 0 Å². The standard InChI is InChI=1S/C12H22N4OS/c1-5-6-7-16(4)11(17)9-10(13)15-12(18-9)14-8(2)3/h8H,5-7,13H2,1-4H3,(H,14,15). The molecule has 0 fully saturated rings. The molecular weight excluding hydrogens is 248 g/mol. The van der Waals surface area contributed by atoms with Gasteiger partial charge in [-0.05, 0) is 20.3 Å². The van der Waals surface area contributed by atoms with E-state index in [1.807, 2.05) is 13.8 Å². The first-order valence-electron chi connectivity index (χ1n) is 6.24. The Balaban J connectivity index is 2.76. The fourth-order valence-electron chi connectivity index (χ4n) is 1.46. The molecule has 0 aliphatic carbocycles. The van der Waals surface area contributed by atoms with Gasteiger partial charge < -0.3 is 16.0 Å². The summed E-state index contributed by atoms with van der Waals surface area (Å²) in [4.78, 5) is 18.6. The number of anilines is 2. The topological polar surface area (TPSA) is 71.2 Å². The number of hydrogen-bond donors (Lipinski definition) is 2. The zero-order valence-corrected chi connectivity index (χ0v) is 12.3. The van der Waals surface area contributed by atoms with Crippen molar-refractivity contribution in [3.63, 3.8) is 0 Å². The van der Waals surface area contributed by atoms with Crippen molar-refractivity contribution in [2.45, 2.75) is 39.7 Å². The predicted molar refractivity (Wildman–Crippen MR) is 77.2 cm³/mol. The largest absolute Gasteiger partial charge is 0.382 e. The molecule has 102 valence electrons. The Hall–Kier alpha value is -1.30. The van der Waals surface area contributed by atoms with E-state index in [2.05, 4.69) is 17.2 Å². The number of thiazole rings is 1. The predicted octanol–water partition coefficient (Wildman–Crippen LogP) is 2.42. The molecule has 0 aromatic carbocycles. The van der Waals surface area contributed by atoms with Gasteiger partial charge in [-0.15, -0.1) is 0 Å². The number of nitrogens with one attached hydrogen (secondary N) is 1. The summed E-state index contributed by atoms with van der Waals surface area (Å²) < 4.78 is 0. The van der Waals surface area contributed by atoms with Crippen molar-refractivity contribution in [2.75, 3.05) is 24.6 Å². The zero-order valence-electron chi connectivity index (χ0n) is 11.5. The van der Waals surface area contributed by atoms with Crippen molar-refractivity contribution in [3.8, 4) is 0 Å². The molecule has 18 heavy (non-hydrogen) atoms. The molecule has 1 aromatic heterocycles.